The largest absolute Gasteiger partial charge is 0.469 e. The van der Waals surface area contributed by atoms with Gasteiger partial charge < -0.3 is 9.79 Å². The number of halogens is 1. The SMILES string of the molecule is CCCCCCCCCCCCCCCCCCN(CCC(CBr)OP(=O)(O)O)Cc1ccccc1. The van der Waals surface area contributed by atoms with Crippen LogP contribution in [0, 0.1) is 0 Å². The highest BCUT2D eigenvalue weighted by atomic mass is 79.9. The van der Waals surface area contributed by atoms with Crippen molar-refractivity contribution in [2.75, 3.05) is 18.4 Å². The first-order chi connectivity index (χ1) is 17.4. The van der Waals surface area contributed by atoms with E-state index in [4.69, 9.17) is 14.3 Å². The molecule has 0 radical (unpaired) electrons. The van der Waals surface area contributed by atoms with E-state index in [0.717, 1.165) is 26.1 Å². The van der Waals surface area contributed by atoms with Crippen molar-refractivity contribution in [2.45, 2.75) is 129 Å². The molecule has 5 nitrogen and oxygen atoms in total. The number of phosphoric acid groups is 1. The zero-order chi connectivity index (χ0) is 26.3. The monoisotopic (exact) mass is 589 g/mol. The Hall–Kier alpha value is -0.230. The third-order valence-corrected chi connectivity index (χ3v) is 8.10. The number of benzene rings is 1. The molecular weight excluding hydrogens is 537 g/mol. The smallest absolute Gasteiger partial charge is 0.303 e. The molecule has 0 saturated heterocycles. The molecule has 0 spiro atoms. The molecule has 0 amide bonds. The summed E-state index contributed by atoms with van der Waals surface area (Å²) in [5, 5.41) is 0.413. The van der Waals surface area contributed by atoms with Crippen molar-refractivity contribution in [3.8, 4) is 0 Å². The lowest BCUT2D eigenvalue weighted by Gasteiger charge is -2.25. The minimum atomic E-state index is -4.47. The summed E-state index contributed by atoms with van der Waals surface area (Å²) in [7, 11) is -4.47. The van der Waals surface area contributed by atoms with Crippen molar-refractivity contribution in [1.82, 2.24) is 4.90 Å². The average Bonchev–Trinajstić information content (AvgIpc) is 2.85. The average molecular weight is 591 g/mol. The lowest BCUT2D eigenvalue weighted by Crippen LogP contribution is -2.29. The van der Waals surface area contributed by atoms with Gasteiger partial charge in [0.15, 0.2) is 0 Å². The summed E-state index contributed by atoms with van der Waals surface area (Å²) in [5.41, 5.74) is 1.26. The summed E-state index contributed by atoms with van der Waals surface area (Å²) in [6.45, 7) is 4.88. The third kappa shape index (κ3) is 20.8. The van der Waals surface area contributed by atoms with Gasteiger partial charge in [0.05, 0.1) is 6.10 Å². The molecule has 0 aliphatic carbocycles. The maximum atomic E-state index is 11.2. The van der Waals surface area contributed by atoms with Crippen LogP contribution in [-0.2, 0) is 15.6 Å². The van der Waals surface area contributed by atoms with Gasteiger partial charge in [-0.2, -0.15) is 0 Å². The Labute approximate surface area is 230 Å². The van der Waals surface area contributed by atoms with Gasteiger partial charge in [-0.15, -0.1) is 0 Å². The quantitative estimate of drug-likeness (QED) is 0.0676. The van der Waals surface area contributed by atoms with E-state index in [0.29, 0.717) is 11.8 Å². The number of phosphoric ester groups is 1. The Morgan fingerprint density at radius 3 is 1.69 bits per heavy atom. The normalized spacial score (nSPS) is 12.9. The van der Waals surface area contributed by atoms with Crippen molar-refractivity contribution in [3.63, 3.8) is 0 Å². The molecule has 0 aliphatic heterocycles. The van der Waals surface area contributed by atoms with Gasteiger partial charge in [0, 0.05) is 18.4 Å². The first kappa shape index (κ1) is 33.8. The molecule has 0 saturated carbocycles. The van der Waals surface area contributed by atoms with E-state index in [2.05, 4.69) is 52.0 Å². The molecule has 0 aliphatic rings. The van der Waals surface area contributed by atoms with Crippen LogP contribution in [-0.4, -0.2) is 39.2 Å². The molecule has 1 rings (SSSR count). The van der Waals surface area contributed by atoms with E-state index in [1.54, 1.807) is 0 Å². The molecule has 0 aromatic heterocycles. The Balaban J connectivity index is 2.14. The molecule has 2 N–H and O–H groups in total. The van der Waals surface area contributed by atoms with Crippen LogP contribution in [0.4, 0.5) is 0 Å². The van der Waals surface area contributed by atoms with Crippen LogP contribution in [0.25, 0.3) is 0 Å². The molecule has 36 heavy (non-hydrogen) atoms. The zero-order valence-corrected chi connectivity index (χ0v) is 25.3. The van der Waals surface area contributed by atoms with Gasteiger partial charge in [0.2, 0.25) is 0 Å². The van der Waals surface area contributed by atoms with Gasteiger partial charge in [0.1, 0.15) is 0 Å². The predicted octanol–water partition coefficient (Wildman–Crippen LogP) is 9.01. The zero-order valence-electron chi connectivity index (χ0n) is 22.8. The van der Waals surface area contributed by atoms with Gasteiger partial charge in [-0.1, -0.05) is 149 Å². The Morgan fingerprint density at radius 1 is 0.778 bits per heavy atom. The molecule has 7 heteroatoms. The first-order valence-corrected chi connectivity index (χ1v) is 17.2. The number of alkyl halides is 1. The van der Waals surface area contributed by atoms with E-state index >= 15 is 0 Å². The standard InChI is InChI=1S/C29H53BrNO4P/c1-2-3-4-5-6-7-8-9-10-11-12-13-14-15-16-20-24-31(27-28-21-18-17-19-22-28)25-23-29(26-30)35-36(32,33)34/h17-19,21-22,29H,2-16,20,23-27H2,1H3,(H2,32,33,34). The Morgan fingerprint density at radius 2 is 1.25 bits per heavy atom. The van der Waals surface area contributed by atoms with Crippen LogP contribution in [0.2, 0.25) is 0 Å². The van der Waals surface area contributed by atoms with E-state index in [1.807, 2.05) is 6.07 Å². The predicted molar refractivity (Wildman–Crippen MR) is 157 cm³/mol. The second-order valence-electron chi connectivity index (χ2n) is 10.2. The highest BCUT2D eigenvalue weighted by Crippen LogP contribution is 2.38. The van der Waals surface area contributed by atoms with Crippen LogP contribution in [0.5, 0.6) is 0 Å². The van der Waals surface area contributed by atoms with Crippen LogP contribution in [0.15, 0.2) is 30.3 Å². The van der Waals surface area contributed by atoms with E-state index in [1.165, 1.54) is 102 Å². The van der Waals surface area contributed by atoms with Gasteiger partial charge in [-0.3, -0.25) is 9.42 Å². The minimum Gasteiger partial charge on any atom is -0.303 e. The highest BCUT2D eigenvalue weighted by molar-refractivity contribution is 9.09. The number of hydrogen-bond donors (Lipinski definition) is 2. The Kier molecular flexibility index (Phi) is 21.3. The van der Waals surface area contributed by atoms with E-state index in [9.17, 15) is 4.57 Å². The fourth-order valence-corrected chi connectivity index (χ4v) is 5.90. The summed E-state index contributed by atoms with van der Waals surface area (Å²) in [6, 6.07) is 10.4. The minimum absolute atomic E-state index is 0.413. The van der Waals surface area contributed by atoms with Gasteiger partial charge in [-0.25, -0.2) is 4.57 Å². The summed E-state index contributed by atoms with van der Waals surface area (Å²) in [6.07, 6.45) is 22.0. The third-order valence-electron chi connectivity index (χ3n) is 6.80. The summed E-state index contributed by atoms with van der Waals surface area (Å²) in [5.74, 6) is 0. The number of nitrogens with zero attached hydrogens (tertiary/aromatic N) is 1. The molecule has 0 heterocycles. The lowest BCUT2D eigenvalue weighted by atomic mass is 10.0. The van der Waals surface area contributed by atoms with Crippen LogP contribution in [0.1, 0.15) is 122 Å². The summed E-state index contributed by atoms with van der Waals surface area (Å²) < 4.78 is 16.1. The van der Waals surface area contributed by atoms with Crippen molar-refractivity contribution in [3.05, 3.63) is 35.9 Å². The van der Waals surface area contributed by atoms with Crippen LogP contribution >= 0.6 is 23.8 Å². The second kappa shape index (κ2) is 22.7. The number of unbranched alkanes of at least 4 members (excludes halogenated alkanes) is 15. The second-order valence-corrected chi connectivity index (χ2v) is 12.1. The maximum Gasteiger partial charge on any atom is 0.469 e. The fraction of sp³-hybridized carbons (Fsp3) is 0.793. The van der Waals surface area contributed by atoms with Crippen LogP contribution in [0.3, 0.4) is 0 Å². The summed E-state index contributed by atoms with van der Waals surface area (Å²) in [4.78, 5) is 20.7. The number of rotatable bonds is 25. The molecule has 210 valence electrons. The van der Waals surface area contributed by atoms with Gasteiger partial charge in [0.25, 0.3) is 0 Å². The number of hydrogen-bond acceptors (Lipinski definition) is 3. The molecule has 1 unspecified atom stereocenters. The van der Waals surface area contributed by atoms with Crippen LogP contribution < -0.4 is 0 Å². The van der Waals surface area contributed by atoms with E-state index in [-0.39, 0.29) is 0 Å². The molecule has 0 bridgehead atoms. The molecule has 0 fully saturated rings. The highest BCUT2D eigenvalue weighted by Gasteiger charge is 2.22. The maximum absolute atomic E-state index is 11.2. The van der Waals surface area contributed by atoms with E-state index < -0.39 is 13.9 Å². The van der Waals surface area contributed by atoms with Crippen molar-refractivity contribution < 1.29 is 18.9 Å². The molecule has 1 aromatic carbocycles. The van der Waals surface area contributed by atoms with Crippen molar-refractivity contribution in [1.29, 1.82) is 0 Å². The topological polar surface area (TPSA) is 70.0 Å². The Bertz CT molecular complexity index is 658. The first-order valence-electron chi connectivity index (χ1n) is 14.5. The fourth-order valence-electron chi connectivity index (χ4n) is 4.67. The molecular formula is C29H53BrNO4P. The van der Waals surface area contributed by atoms with Crippen molar-refractivity contribution in [2.24, 2.45) is 0 Å². The summed E-state index contributed by atoms with van der Waals surface area (Å²) >= 11 is 3.32. The van der Waals surface area contributed by atoms with Gasteiger partial charge in [-0.05, 0) is 24.9 Å². The molecule has 1 aromatic rings. The lowest BCUT2D eigenvalue weighted by molar-refractivity contribution is 0.126. The van der Waals surface area contributed by atoms with Gasteiger partial charge >= 0.3 is 7.82 Å². The van der Waals surface area contributed by atoms with Crippen molar-refractivity contribution >= 4 is 23.8 Å². The molecule has 1 atom stereocenters.